The van der Waals surface area contributed by atoms with Gasteiger partial charge in [-0.05, 0) is 19.1 Å². The number of rotatable bonds is 3. The predicted octanol–water partition coefficient (Wildman–Crippen LogP) is 1.87. The molecule has 5 heteroatoms. The Morgan fingerprint density at radius 3 is 2.67 bits per heavy atom. The number of aromatic nitrogens is 2. The first kappa shape index (κ1) is 12.0. The number of aryl methyl sites for hydroxylation is 1. The third kappa shape index (κ3) is 2.63. The van der Waals surface area contributed by atoms with E-state index in [0.29, 0.717) is 16.8 Å². The summed E-state index contributed by atoms with van der Waals surface area (Å²) in [5.74, 6) is -0.281. The Morgan fingerprint density at radius 2 is 2.06 bits per heavy atom. The molecular formula is C13H13N3O2. The SMILES string of the molecule is CC(=O)c1cccc(NC(=O)c2cnn(C)c2)c1. The standard InChI is InChI=1S/C13H13N3O2/c1-9(17)10-4-3-5-12(6-10)15-13(18)11-7-14-16(2)8-11/h3-8H,1-2H3,(H,15,18). The minimum atomic E-state index is -0.246. The molecule has 0 aliphatic rings. The van der Waals surface area contributed by atoms with E-state index in [9.17, 15) is 9.59 Å². The van der Waals surface area contributed by atoms with Gasteiger partial charge in [-0.1, -0.05) is 12.1 Å². The number of hydrogen-bond donors (Lipinski definition) is 1. The molecule has 1 aromatic carbocycles. The van der Waals surface area contributed by atoms with Crippen molar-refractivity contribution >= 4 is 17.4 Å². The van der Waals surface area contributed by atoms with Gasteiger partial charge in [0, 0.05) is 24.5 Å². The monoisotopic (exact) mass is 243 g/mol. The van der Waals surface area contributed by atoms with Crippen LogP contribution in [0.5, 0.6) is 0 Å². The van der Waals surface area contributed by atoms with Crippen LogP contribution in [0.4, 0.5) is 5.69 Å². The zero-order chi connectivity index (χ0) is 13.1. The van der Waals surface area contributed by atoms with Crippen LogP contribution in [-0.4, -0.2) is 21.5 Å². The quantitative estimate of drug-likeness (QED) is 0.837. The summed E-state index contributed by atoms with van der Waals surface area (Å²) in [5.41, 5.74) is 1.64. The van der Waals surface area contributed by atoms with Crippen LogP contribution < -0.4 is 5.32 Å². The van der Waals surface area contributed by atoms with Crippen LogP contribution in [-0.2, 0) is 7.05 Å². The van der Waals surface area contributed by atoms with Crippen molar-refractivity contribution in [3.63, 3.8) is 0 Å². The van der Waals surface area contributed by atoms with Gasteiger partial charge in [0.1, 0.15) is 0 Å². The minimum absolute atomic E-state index is 0.0347. The molecule has 0 fully saturated rings. The van der Waals surface area contributed by atoms with Crippen LogP contribution in [0.2, 0.25) is 0 Å². The van der Waals surface area contributed by atoms with E-state index in [0.717, 1.165) is 0 Å². The number of Topliss-reactive ketones (excluding diaryl/α,β-unsaturated/α-hetero) is 1. The molecule has 1 heterocycles. The summed E-state index contributed by atoms with van der Waals surface area (Å²) < 4.78 is 1.56. The molecule has 2 rings (SSSR count). The highest BCUT2D eigenvalue weighted by atomic mass is 16.1. The molecule has 0 aliphatic heterocycles. The van der Waals surface area contributed by atoms with Crippen molar-refractivity contribution in [3.8, 4) is 0 Å². The molecule has 0 radical (unpaired) electrons. The summed E-state index contributed by atoms with van der Waals surface area (Å²) in [4.78, 5) is 23.1. The van der Waals surface area contributed by atoms with Gasteiger partial charge in [-0.3, -0.25) is 14.3 Å². The van der Waals surface area contributed by atoms with Crippen molar-refractivity contribution in [1.29, 1.82) is 0 Å². The van der Waals surface area contributed by atoms with Gasteiger partial charge in [-0.15, -0.1) is 0 Å². The lowest BCUT2D eigenvalue weighted by Crippen LogP contribution is -2.11. The average Bonchev–Trinajstić information content (AvgIpc) is 2.76. The number of nitrogens with zero attached hydrogens (tertiary/aromatic N) is 2. The number of hydrogen-bond acceptors (Lipinski definition) is 3. The molecule has 1 aromatic heterocycles. The molecule has 5 nitrogen and oxygen atoms in total. The Morgan fingerprint density at radius 1 is 1.28 bits per heavy atom. The van der Waals surface area contributed by atoms with Crippen LogP contribution in [0.25, 0.3) is 0 Å². The van der Waals surface area contributed by atoms with Gasteiger partial charge in [-0.2, -0.15) is 5.10 Å². The van der Waals surface area contributed by atoms with Gasteiger partial charge >= 0.3 is 0 Å². The van der Waals surface area contributed by atoms with Gasteiger partial charge in [0.2, 0.25) is 0 Å². The zero-order valence-corrected chi connectivity index (χ0v) is 10.2. The largest absolute Gasteiger partial charge is 0.322 e. The first-order valence-electron chi connectivity index (χ1n) is 5.47. The Bertz CT molecular complexity index is 602. The van der Waals surface area contributed by atoms with Gasteiger partial charge in [-0.25, -0.2) is 0 Å². The van der Waals surface area contributed by atoms with Crippen molar-refractivity contribution in [2.24, 2.45) is 7.05 Å². The van der Waals surface area contributed by atoms with Gasteiger partial charge in [0.25, 0.3) is 5.91 Å². The van der Waals surface area contributed by atoms with E-state index >= 15 is 0 Å². The highest BCUT2D eigenvalue weighted by Gasteiger charge is 2.08. The predicted molar refractivity (Wildman–Crippen MR) is 67.6 cm³/mol. The minimum Gasteiger partial charge on any atom is -0.322 e. The summed E-state index contributed by atoms with van der Waals surface area (Å²) >= 11 is 0. The maximum absolute atomic E-state index is 11.9. The van der Waals surface area contributed by atoms with E-state index in [2.05, 4.69) is 10.4 Å². The number of amides is 1. The molecule has 0 saturated carbocycles. The second-order valence-electron chi connectivity index (χ2n) is 3.99. The third-order valence-corrected chi connectivity index (χ3v) is 2.49. The fourth-order valence-electron chi connectivity index (χ4n) is 1.56. The van der Waals surface area contributed by atoms with Crippen molar-refractivity contribution in [2.75, 3.05) is 5.32 Å². The maximum atomic E-state index is 11.9. The smallest absolute Gasteiger partial charge is 0.258 e. The van der Waals surface area contributed by atoms with E-state index in [4.69, 9.17) is 0 Å². The van der Waals surface area contributed by atoms with Gasteiger partial charge in [0.05, 0.1) is 11.8 Å². The maximum Gasteiger partial charge on any atom is 0.258 e. The van der Waals surface area contributed by atoms with Crippen LogP contribution >= 0.6 is 0 Å². The Labute approximate surface area is 104 Å². The molecule has 0 saturated heterocycles. The Kier molecular flexibility index (Phi) is 3.23. The first-order chi connectivity index (χ1) is 8.56. The summed E-state index contributed by atoms with van der Waals surface area (Å²) in [5, 5.41) is 6.65. The fourth-order valence-corrected chi connectivity index (χ4v) is 1.56. The average molecular weight is 243 g/mol. The molecule has 0 unspecified atom stereocenters. The number of anilines is 1. The van der Waals surface area contributed by atoms with Crippen molar-refractivity contribution < 1.29 is 9.59 Å². The molecule has 1 amide bonds. The van der Waals surface area contributed by atoms with Crippen molar-refractivity contribution in [1.82, 2.24) is 9.78 Å². The second kappa shape index (κ2) is 4.83. The van der Waals surface area contributed by atoms with Crippen LogP contribution in [0, 0.1) is 0 Å². The van der Waals surface area contributed by atoms with Gasteiger partial charge in [0.15, 0.2) is 5.78 Å². The molecule has 0 spiro atoms. The molecule has 1 N–H and O–H groups in total. The second-order valence-corrected chi connectivity index (χ2v) is 3.99. The highest BCUT2D eigenvalue weighted by molar-refractivity contribution is 6.04. The summed E-state index contributed by atoms with van der Waals surface area (Å²) in [6.45, 7) is 1.49. The third-order valence-electron chi connectivity index (χ3n) is 2.49. The lowest BCUT2D eigenvalue weighted by molar-refractivity contribution is 0.101. The topological polar surface area (TPSA) is 64.0 Å². The number of benzene rings is 1. The van der Waals surface area contributed by atoms with Crippen molar-refractivity contribution in [2.45, 2.75) is 6.92 Å². The lowest BCUT2D eigenvalue weighted by Gasteiger charge is -2.04. The van der Waals surface area contributed by atoms with E-state index in [1.807, 2.05) is 0 Å². The molecule has 0 aliphatic carbocycles. The first-order valence-corrected chi connectivity index (χ1v) is 5.47. The fraction of sp³-hybridized carbons (Fsp3) is 0.154. The molecule has 0 atom stereocenters. The number of carbonyl (C=O) groups is 2. The Balaban J connectivity index is 2.16. The van der Waals surface area contributed by atoms with Gasteiger partial charge < -0.3 is 5.32 Å². The molecule has 2 aromatic rings. The number of nitrogens with one attached hydrogen (secondary N) is 1. The lowest BCUT2D eigenvalue weighted by atomic mass is 10.1. The summed E-state index contributed by atoms with van der Waals surface area (Å²) in [6, 6.07) is 6.83. The summed E-state index contributed by atoms with van der Waals surface area (Å²) in [7, 11) is 1.74. The van der Waals surface area contributed by atoms with E-state index in [-0.39, 0.29) is 11.7 Å². The normalized spacial score (nSPS) is 10.1. The van der Waals surface area contributed by atoms with Crippen LogP contribution in [0.1, 0.15) is 27.6 Å². The number of ketones is 1. The van der Waals surface area contributed by atoms with E-state index in [1.54, 1.807) is 42.2 Å². The van der Waals surface area contributed by atoms with E-state index < -0.39 is 0 Å². The highest BCUT2D eigenvalue weighted by Crippen LogP contribution is 2.12. The molecule has 92 valence electrons. The summed E-state index contributed by atoms with van der Waals surface area (Å²) in [6.07, 6.45) is 3.12. The van der Waals surface area contributed by atoms with E-state index in [1.165, 1.54) is 13.1 Å². The van der Waals surface area contributed by atoms with Crippen molar-refractivity contribution in [3.05, 3.63) is 47.8 Å². The van der Waals surface area contributed by atoms with Crippen LogP contribution in [0.3, 0.4) is 0 Å². The molecular weight excluding hydrogens is 230 g/mol. The van der Waals surface area contributed by atoms with Crippen LogP contribution in [0.15, 0.2) is 36.7 Å². The molecule has 18 heavy (non-hydrogen) atoms. The molecule has 0 bridgehead atoms. The number of carbonyl (C=O) groups excluding carboxylic acids is 2. The Hall–Kier alpha value is -2.43. The zero-order valence-electron chi connectivity index (χ0n) is 10.2.